The Kier molecular flexibility index (Phi) is 4.07. The molecule has 0 aromatic heterocycles. The maximum Gasteiger partial charge on any atom is 0.167 e. The quantitative estimate of drug-likeness (QED) is 0.619. The highest BCUT2D eigenvalue weighted by Crippen LogP contribution is 2.30. The highest BCUT2D eigenvalue weighted by atomic mass is 32.2. The molecule has 0 aliphatic carbocycles. The lowest BCUT2D eigenvalue weighted by Gasteiger charge is -2.09. The van der Waals surface area contributed by atoms with Crippen LogP contribution in [0, 0.1) is 5.82 Å². The Balaban J connectivity index is 2.92. The van der Waals surface area contributed by atoms with E-state index < -0.39 is 5.82 Å². The van der Waals surface area contributed by atoms with Gasteiger partial charge in [0.05, 0.1) is 6.61 Å². The van der Waals surface area contributed by atoms with E-state index in [9.17, 15) is 4.39 Å². The molecule has 0 bridgehead atoms. The van der Waals surface area contributed by atoms with Gasteiger partial charge in [0, 0.05) is 16.6 Å². The molecule has 0 aliphatic heterocycles. The molecule has 0 heterocycles. The van der Waals surface area contributed by atoms with E-state index in [-0.39, 0.29) is 5.75 Å². The molecule has 0 saturated heterocycles. The number of ether oxygens (including phenoxy) is 1. The minimum atomic E-state index is -0.395. The van der Waals surface area contributed by atoms with Crippen molar-refractivity contribution in [3.63, 3.8) is 0 Å². The number of halogens is 1. The Hall–Kier alpha value is -0.900. The van der Waals surface area contributed by atoms with Gasteiger partial charge in [-0.3, -0.25) is 0 Å². The molecule has 1 aromatic rings. The third-order valence-corrected chi connectivity index (χ3v) is 2.54. The summed E-state index contributed by atoms with van der Waals surface area (Å²) in [5.41, 5.74) is 6.07. The molecule has 0 amide bonds. The predicted octanol–water partition coefficient (Wildman–Crippen LogP) is 2.92. The first-order valence-electron chi connectivity index (χ1n) is 4.44. The first kappa shape index (κ1) is 11.2. The van der Waals surface area contributed by atoms with Crippen LogP contribution in [0.1, 0.15) is 13.3 Å². The molecular formula is C10H14FNOS. The highest BCUT2D eigenvalue weighted by Gasteiger charge is 2.07. The molecule has 0 spiro atoms. The Morgan fingerprint density at radius 2 is 2.21 bits per heavy atom. The van der Waals surface area contributed by atoms with Crippen LogP contribution in [0.15, 0.2) is 17.0 Å². The van der Waals surface area contributed by atoms with Crippen molar-refractivity contribution in [1.82, 2.24) is 0 Å². The van der Waals surface area contributed by atoms with E-state index in [1.54, 1.807) is 6.07 Å². The van der Waals surface area contributed by atoms with Gasteiger partial charge < -0.3 is 10.5 Å². The molecular weight excluding hydrogens is 201 g/mol. The zero-order chi connectivity index (χ0) is 10.6. The molecule has 0 atom stereocenters. The third kappa shape index (κ3) is 2.54. The van der Waals surface area contributed by atoms with Crippen LogP contribution in [0.3, 0.4) is 0 Å². The summed E-state index contributed by atoms with van der Waals surface area (Å²) in [6.07, 6.45) is 2.76. The monoisotopic (exact) mass is 215 g/mol. The van der Waals surface area contributed by atoms with Gasteiger partial charge in [-0.05, 0) is 18.7 Å². The summed E-state index contributed by atoms with van der Waals surface area (Å²) in [5, 5.41) is 0. The first-order chi connectivity index (χ1) is 6.69. The van der Waals surface area contributed by atoms with Crippen molar-refractivity contribution in [2.75, 3.05) is 18.6 Å². The lowest BCUT2D eigenvalue weighted by molar-refractivity contribution is 0.300. The van der Waals surface area contributed by atoms with Crippen LogP contribution in [-0.2, 0) is 0 Å². The highest BCUT2D eigenvalue weighted by molar-refractivity contribution is 7.98. The van der Waals surface area contributed by atoms with Crippen molar-refractivity contribution in [1.29, 1.82) is 0 Å². The van der Waals surface area contributed by atoms with E-state index in [0.717, 1.165) is 11.3 Å². The number of nitrogens with two attached hydrogens (primary N) is 1. The van der Waals surface area contributed by atoms with Crippen LogP contribution in [-0.4, -0.2) is 12.9 Å². The maximum atomic E-state index is 13.3. The predicted molar refractivity (Wildman–Crippen MR) is 58.4 cm³/mol. The molecule has 0 unspecified atom stereocenters. The van der Waals surface area contributed by atoms with E-state index in [2.05, 4.69) is 0 Å². The Morgan fingerprint density at radius 1 is 1.50 bits per heavy atom. The van der Waals surface area contributed by atoms with Gasteiger partial charge in [0.2, 0.25) is 0 Å². The van der Waals surface area contributed by atoms with Crippen LogP contribution >= 0.6 is 11.8 Å². The number of anilines is 1. The third-order valence-electron chi connectivity index (χ3n) is 1.75. The zero-order valence-electron chi connectivity index (χ0n) is 8.34. The summed E-state index contributed by atoms with van der Waals surface area (Å²) >= 11 is 1.48. The van der Waals surface area contributed by atoms with Crippen molar-refractivity contribution >= 4 is 17.4 Å². The summed E-state index contributed by atoms with van der Waals surface area (Å²) in [6.45, 7) is 2.50. The van der Waals surface area contributed by atoms with Gasteiger partial charge in [-0.25, -0.2) is 4.39 Å². The van der Waals surface area contributed by atoms with Crippen LogP contribution in [0.2, 0.25) is 0 Å². The second-order valence-electron chi connectivity index (χ2n) is 2.87. The smallest absolute Gasteiger partial charge is 0.167 e. The fourth-order valence-corrected chi connectivity index (χ4v) is 1.57. The van der Waals surface area contributed by atoms with Gasteiger partial charge in [-0.15, -0.1) is 11.8 Å². The Morgan fingerprint density at radius 3 is 2.79 bits per heavy atom. The standard InChI is InChI=1S/C10H14FNOS/c1-3-4-13-9-6-10(14-2)8(12)5-7(9)11/h5-6H,3-4,12H2,1-2H3. The number of nitrogen functional groups attached to an aromatic ring is 1. The summed E-state index contributed by atoms with van der Waals surface area (Å²) in [6, 6.07) is 2.95. The van der Waals surface area contributed by atoms with E-state index in [4.69, 9.17) is 10.5 Å². The Labute approximate surface area is 87.6 Å². The minimum absolute atomic E-state index is 0.283. The molecule has 14 heavy (non-hydrogen) atoms. The van der Waals surface area contributed by atoms with Gasteiger partial charge in [0.25, 0.3) is 0 Å². The van der Waals surface area contributed by atoms with Crippen LogP contribution < -0.4 is 10.5 Å². The average molecular weight is 215 g/mol. The molecule has 1 aromatic carbocycles. The van der Waals surface area contributed by atoms with Crippen molar-refractivity contribution in [2.45, 2.75) is 18.2 Å². The largest absolute Gasteiger partial charge is 0.490 e. The van der Waals surface area contributed by atoms with Gasteiger partial charge in [-0.1, -0.05) is 6.92 Å². The normalized spacial score (nSPS) is 10.2. The van der Waals surface area contributed by atoms with Crippen LogP contribution in [0.4, 0.5) is 10.1 Å². The molecule has 0 fully saturated rings. The molecule has 2 N–H and O–H groups in total. The molecule has 1 rings (SSSR count). The zero-order valence-corrected chi connectivity index (χ0v) is 9.16. The van der Waals surface area contributed by atoms with Crippen LogP contribution in [0.25, 0.3) is 0 Å². The Bertz CT molecular complexity index is 317. The molecule has 0 aliphatic rings. The van der Waals surface area contributed by atoms with E-state index in [0.29, 0.717) is 12.3 Å². The average Bonchev–Trinajstić information content (AvgIpc) is 2.17. The maximum absolute atomic E-state index is 13.3. The lowest BCUT2D eigenvalue weighted by Crippen LogP contribution is -1.99. The van der Waals surface area contributed by atoms with Crippen molar-refractivity contribution in [3.05, 3.63) is 17.9 Å². The number of hydrogen-bond donors (Lipinski definition) is 1. The molecule has 4 heteroatoms. The van der Waals surface area contributed by atoms with E-state index in [1.165, 1.54) is 17.8 Å². The van der Waals surface area contributed by atoms with E-state index >= 15 is 0 Å². The molecule has 78 valence electrons. The number of thioether (sulfide) groups is 1. The van der Waals surface area contributed by atoms with Crippen molar-refractivity contribution < 1.29 is 9.13 Å². The molecule has 0 radical (unpaired) electrons. The number of hydrogen-bond acceptors (Lipinski definition) is 3. The van der Waals surface area contributed by atoms with E-state index in [1.807, 2.05) is 13.2 Å². The van der Waals surface area contributed by atoms with Gasteiger partial charge in [0.1, 0.15) is 0 Å². The van der Waals surface area contributed by atoms with Crippen molar-refractivity contribution in [3.8, 4) is 5.75 Å². The SMILES string of the molecule is CCCOc1cc(SC)c(N)cc1F. The fraction of sp³-hybridized carbons (Fsp3) is 0.400. The lowest BCUT2D eigenvalue weighted by atomic mass is 10.3. The second kappa shape index (κ2) is 5.10. The fourth-order valence-electron chi connectivity index (χ4n) is 1.05. The number of benzene rings is 1. The summed E-state index contributed by atoms with van der Waals surface area (Å²) in [5.74, 6) is -0.112. The number of rotatable bonds is 4. The topological polar surface area (TPSA) is 35.2 Å². The van der Waals surface area contributed by atoms with Gasteiger partial charge in [0.15, 0.2) is 11.6 Å². The summed E-state index contributed by atoms with van der Waals surface area (Å²) in [7, 11) is 0. The molecule has 2 nitrogen and oxygen atoms in total. The van der Waals surface area contributed by atoms with Crippen LogP contribution in [0.5, 0.6) is 5.75 Å². The second-order valence-corrected chi connectivity index (χ2v) is 3.72. The summed E-state index contributed by atoms with van der Waals surface area (Å²) < 4.78 is 18.5. The summed E-state index contributed by atoms with van der Waals surface area (Å²) in [4.78, 5) is 0.845. The van der Waals surface area contributed by atoms with Gasteiger partial charge >= 0.3 is 0 Å². The minimum Gasteiger partial charge on any atom is -0.490 e. The molecule has 0 saturated carbocycles. The first-order valence-corrected chi connectivity index (χ1v) is 5.67. The van der Waals surface area contributed by atoms with Gasteiger partial charge in [-0.2, -0.15) is 0 Å². The van der Waals surface area contributed by atoms with Crippen molar-refractivity contribution in [2.24, 2.45) is 0 Å².